The van der Waals surface area contributed by atoms with Gasteiger partial charge in [0.05, 0.1) is 6.61 Å². The Bertz CT molecular complexity index is 445. The molecule has 16 heavy (non-hydrogen) atoms. The molecule has 2 rings (SSSR count). The maximum absolute atomic E-state index is 8.92. The van der Waals surface area contributed by atoms with Gasteiger partial charge in [-0.25, -0.2) is 0 Å². The fourth-order valence-electron chi connectivity index (χ4n) is 1.60. The van der Waals surface area contributed by atoms with E-state index in [1.54, 1.807) is 0 Å². The second-order valence-electron chi connectivity index (χ2n) is 3.89. The second kappa shape index (κ2) is 4.86. The lowest BCUT2D eigenvalue weighted by Crippen LogP contribution is -1.98. The van der Waals surface area contributed by atoms with Gasteiger partial charge in [-0.15, -0.1) is 0 Å². The van der Waals surface area contributed by atoms with Crippen LogP contribution in [0, 0.1) is 0 Å². The lowest BCUT2D eigenvalue weighted by atomic mass is 10.2. The quantitative estimate of drug-likeness (QED) is 0.821. The number of aryl methyl sites for hydroxylation is 1. The maximum Gasteiger partial charge on any atom is 0.0681 e. The van der Waals surface area contributed by atoms with E-state index in [1.807, 2.05) is 42.1 Å². The normalized spacial score (nSPS) is 10.4. The average Bonchev–Trinajstić information content (AvgIpc) is 2.73. The minimum Gasteiger partial charge on any atom is -0.392 e. The third-order valence-electron chi connectivity index (χ3n) is 2.53. The molecule has 0 spiro atoms. The zero-order valence-corrected chi connectivity index (χ0v) is 9.35. The summed E-state index contributed by atoms with van der Waals surface area (Å²) >= 11 is 0. The molecule has 0 aliphatic carbocycles. The topological polar surface area (TPSA) is 37.2 Å². The van der Waals surface area contributed by atoms with E-state index in [0.717, 1.165) is 17.8 Å². The van der Waals surface area contributed by atoms with Crippen LogP contribution in [0.2, 0.25) is 0 Å². The van der Waals surface area contributed by atoms with Crippen LogP contribution >= 0.6 is 0 Å². The van der Waals surface area contributed by atoms with Crippen LogP contribution in [0.25, 0.3) is 0 Å². The smallest absolute Gasteiger partial charge is 0.0681 e. The molecule has 0 unspecified atom stereocenters. The molecular weight excluding hydrogens is 200 g/mol. The average molecular weight is 216 g/mol. The van der Waals surface area contributed by atoms with Gasteiger partial charge in [-0.3, -0.25) is 0 Å². The molecular formula is C13H16N2O. The number of benzene rings is 1. The Balaban J connectivity index is 1.94. The number of aliphatic hydroxyl groups excluding tert-OH is 1. The molecule has 0 fully saturated rings. The van der Waals surface area contributed by atoms with Gasteiger partial charge in [-0.2, -0.15) is 0 Å². The summed E-state index contributed by atoms with van der Waals surface area (Å²) in [5.41, 5.74) is 3.26. The molecule has 0 radical (unpaired) electrons. The number of nitrogens with one attached hydrogen (secondary N) is 1. The van der Waals surface area contributed by atoms with Crippen LogP contribution in [0.3, 0.4) is 0 Å². The van der Waals surface area contributed by atoms with Crippen LogP contribution in [0.5, 0.6) is 0 Å². The lowest BCUT2D eigenvalue weighted by Gasteiger charge is -2.05. The van der Waals surface area contributed by atoms with E-state index in [1.165, 1.54) is 5.56 Å². The second-order valence-corrected chi connectivity index (χ2v) is 3.89. The van der Waals surface area contributed by atoms with Crippen molar-refractivity contribution in [2.24, 2.45) is 7.05 Å². The summed E-state index contributed by atoms with van der Waals surface area (Å²) in [6.45, 7) is 0.915. The number of nitrogens with zero attached hydrogens (tertiary/aromatic N) is 1. The van der Waals surface area contributed by atoms with Crippen molar-refractivity contribution in [3.8, 4) is 0 Å². The van der Waals surface area contributed by atoms with Crippen LogP contribution in [-0.2, 0) is 20.2 Å². The predicted molar refractivity (Wildman–Crippen MR) is 65.1 cm³/mol. The number of hydrogen-bond donors (Lipinski definition) is 2. The molecule has 2 N–H and O–H groups in total. The van der Waals surface area contributed by atoms with Crippen molar-refractivity contribution in [3.63, 3.8) is 0 Å². The summed E-state index contributed by atoms with van der Waals surface area (Å²) in [7, 11) is 2.01. The largest absolute Gasteiger partial charge is 0.392 e. The highest BCUT2D eigenvalue weighted by Gasteiger charge is 1.96. The van der Waals surface area contributed by atoms with Crippen LogP contribution in [0.1, 0.15) is 11.1 Å². The van der Waals surface area contributed by atoms with Gasteiger partial charge < -0.3 is 15.0 Å². The third kappa shape index (κ3) is 2.64. The van der Waals surface area contributed by atoms with Gasteiger partial charge in [0.1, 0.15) is 0 Å². The fourth-order valence-corrected chi connectivity index (χ4v) is 1.60. The zero-order chi connectivity index (χ0) is 11.4. The Labute approximate surface area is 95.3 Å². The molecule has 0 aliphatic heterocycles. The fraction of sp³-hybridized carbons (Fsp3) is 0.231. The number of hydrogen-bond acceptors (Lipinski definition) is 2. The minimum atomic E-state index is 0.0962. The SMILES string of the molecule is Cn1ccc(CNc2ccc(CO)cc2)c1. The molecule has 84 valence electrons. The molecule has 3 heteroatoms. The molecule has 0 saturated carbocycles. The van der Waals surface area contributed by atoms with Crippen LogP contribution < -0.4 is 5.32 Å². The van der Waals surface area contributed by atoms with Crippen molar-refractivity contribution in [2.75, 3.05) is 5.32 Å². The van der Waals surface area contributed by atoms with Crippen LogP contribution in [0.4, 0.5) is 5.69 Å². The molecule has 1 aromatic carbocycles. The summed E-state index contributed by atoms with van der Waals surface area (Å²) in [5.74, 6) is 0. The monoisotopic (exact) mass is 216 g/mol. The summed E-state index contributed by atoms with van der Waals surface area (Å²) < 4.78 is 2.03. The Morgan fingerprint density at radius 1 is 1.12 bits per heavy atom. The van der Waals surface area contributed by atoms with Gasteiger partial charge in [-0.05, 0) is 29.3 Å². The number of aliphatic hydroxyl groups is 1. The number of anilines is 1. The number of rotatable bonds is 4. The Morgan fingerprint density at radius 3 is 2.44 bits per heavy atom. The number of aromatic nitrogens is 1. The molecule has 0 aliphatic rings. The van der Waals surface area contributed by atoms with Crippen LogP contribution in [0.15, 0.2) is 42.7 Å². The molecule has 1 aromatic heterocycles. The zero-order valence-electron chi connectivity index (χ0n) is 9.35. The standard InChI is InChI=1S/C13H16N2O/c1-15-7-6-12(9-15)8-14-13-4-2-11(10-16)3-5-13/h2-7,9,14,16H,8,10H2,1H3. The molecule has 0 amide bonds. The predicted octanol–water partition coefficient (Wildman–Crippen LogP) is 2.13. The van der Waals surface area contributed by atoms with Crippen molar-refractivity contribution < 1.29 is 5.11 Å². The Hall–Kier alpha value is -1.74. The summed E-state index contributed by atoms with van der Waals surface area (Å²) in [4.78, 5) is 0. The van der Waals surface area contributed by atoms with Gasteiger partial charge in [0, 0.05) is 31.7 Å². The lowest BCUT2D eigenvalue weighted by molar-refractivity contribution is 0.282. The molecule has 0 bridgehead atoms. The Kier molecular flexibility index (Phi) is 3.27. The molecule has 0 saturated heterocycles. The van der Waals surface area contributed by atoms with Crippen LogP contribution in [-0.4, -0.2) is 9.67 Å². The van der Waals surface area contributed by atoms with Gasteiger partial charge in [-0.1, -0.05) is 12.1 Å². The van der Waals surface area contributed by atoms with Gasteiger partial charge in [0.25, 0.3) is 0 Å². The van der Waals surface area contributed by atoms with Gasteiger partial charge in [0.15, 0.2) is 0 Å². The van der Waals surface area contributed by atoms with Gasteiger partial charge >= 0.3 is 0 Å². The third-order valence-corrected chi connectivity index (χ3v) is 2.53. The van der Waals surface area contributed by atoms with Crippen molar-refractivity contribution in [3.05, 3.63) is 53.9 Å². The van der Waals surface area contributed by atoms with E-state index in [2.05, 4.69) is 17.6 Å². The first kappa shape index (κ1) is 10.8. The summed E-state index contributed by atoms with van der Waals surface area (Å²) in [5, 5.41) is 12.2. The van der Waals surface area contributed by atoms with E-state index in [4.69, 9.17) is 5.11 Å². The maximum atomic E-state index is 8.92. The highest BCUT2D eigenvalue weighted by Crippen LogP contribution is 2.11. The van der Waals surface area contributed by atoms with E-state index >= 15 is 0 Å². The first-order valence-electron chi connectivity index (χ1n) is 5.32. The molecule has 3 nitrogen and oxygen atoms in total. The van der Waals surface area contributed by atoms with Crippen molar-refractivity contribution in [1.29, 1.82) is 0 Å². The minimum absolute atomic E-state index is 0.0962. The highest BCUT2D eigenvalue weighted by molar-refractivity contribution is 5.44. The van der Waals surface area contributed by atoms with Gasteiger partial charge in [0.2, 0.25) is 0 Å². The van der Waals surface area contributed by atoms with E-state index < -0.39 is 0 Å². The molecule has 2 aromatic rings. The summed E-state index contributed by atoms with van der Waals surface area (Å²) in [6.07, 6.45) is 4.13. The van der Waals surface area contributed by atoms with Crippen molar-refractivity contribution in [1.82, 2.24) is 4.57 Å². The summed E-state index contributed by atoms with van der Waals surface area (Å²) in [6, 6.07) is 9.90. The first-order chi connectivity index (χ1) is 7.78. The highest BCUT2D eigenvalue weighted by atomic mass is 16.3. The van der Waals surface area contributed by atoms with Crippen molar-refractivity contribution in [2.45, 2.75) is 13.2 Å². The van der Waals surface area contributed by atoms with E-state index in [0.29, 0.717) is 0 Å². The molecule has 1 heterocycles. The molecule has 0 atom stereocenters. The van der Waals surface area contributed by atoms with E-state index in [-0.39, 0.29) is 6.61 Å². The first-order valence-corrected chi connectivity index (χ1v) is 5.32. The Morgan fingerprint density at radius 2 is 1.88 bits per heavy atom. The van der Waals surface area contributed by atoms with Crippen molar-refractivity contribution >= 4 is 5.69 Å². The van der Waals surface area contributed by atoms with E-state index in [9.17, 15) is 0 Å².